The van der Waals surface area contributed by atoms with E-state index >= 15 is 0 Å². The lowest BCUT2D eigenvalue weighted by Crippen LogP contribution is -2.48. The summed E-state index contributed by atoms with van der Waals surface area (Å²) in [6.07, 6.45) is 1.50. The third-order valence-corrected chi connectivity index (χ3v) is 4.64. The molecule has 19 heavy (non-hydrogen) atoms. The van der Waals surface area contributed by atoms with E-state index < -0.39 is 39.2 Å². The Morgan fingerprint density at radius 1 is 1.47 bits per heavy atom. The number of aliphatic carboxylic acids is 1. The number of ether oxygens (including phenoxy) is 1. The number of carbonyl (C=O) groups is 2. The summed E-state index contributed by atoms with van der Waals surface area (Å²) >= 11 is 0. The second-order valence-electron chi connectivity index (χ2n) is 4.85. The number of rotatable bonds is 6. The van der Waals surface area contributed by atoms with Gasteiger partial charge in [0.15, 0.2) is 5.75 Å². The standard InChI is InChI=1S/C11H19NO6S/c1-3-18-9(13)7-19(16,17)12-8-5-4-6-11(8,2)10(14)15/h8,12H,3-7H2,1-2H3,(H,14,15). The molecule has 1 aliphatic carbocycles. The summed E-state index contributed by atoms with van der Waals surface area (Å²) < 4.78 is 30.4. The number of carboxylic acid groups (broad SMARTS) is 1. The summed E-state index contributed by atoms with van der Waals surface area (Å²) in [5.41, 5.74) is -1.12. The van der Waals surface area contributed by atoms with Crippen molar-refractivity contribution in [3.63, 3.8) is 0 Å². The van der Waals surface area contributed by atoms with Gasteiger partial charge in [-0.25, -0.2) is 13.1 Å². The lowest BCUT2D eigenvalue weighted by Gasteiger charge is -2.27. The van der Waals surface area contributed by atoms with Crippen LogP contribution in [0.1, 0.15) is 33.1 Å². The highest BCUT2D eigenvalue weighted by Crippen LogP contribution is 2.38. The zero-order valence-corrected chi connectivity index (χ0v) is 11.8. The highest BCUT2D eigenvalue weighted by Gasteiger charge is 2.46. The fraction of sp³-hybridized carbons (Fsp3) is 0.818. The molecule has 1 saturated carbocycles. The van der Waals surface area contributed by atoms with Gasteiger partial charge in [-0.1, -0.05) is 6.42 Å². The molecule has 2 unspecified atom stereocenters. The van der Waals surface area contributed by atoms with Gasteiger partial charge in [0.05, 0.1) is 12.0 Å². The number of carboxylic acids is 1. The molecule has 0 heterocycles. The summed E-state index contributed by atoms with van der Waals surface area (Å²) in [5, 5.41) is 9.18. The molecule has 0 spiro atoms. The third kappa shape index (κ3) is 3.90. The topological polar surface area (TPSA) is 110 Å². The maximum Gasteiger partial charge on any atom is 0.322 e. The van der Waals surface area contributed by atoms with Crippen molar-refractivity contribution in [3.8, 4) is 0 Å². The first-order valence-electron chi connectivity index (χ1n) is 6.10. The predicted octanol–water partition coefficient (Wildman–Crippen LogP) is 0.112. The van der Waals surface area contributed by atoms with E-state index in [1.165, 1.54) is 6.92 Å². The molecule has 0 aliphatic heterocycles. The van der Waals surface area contributed by atoms with Crippen LogP contribution in [0.4, 0.5) is 0 Å². The fourth-order valence-corrected chi connectivity index (χ4v) is 3.52. The largest absolute Gasteiger partial charge is 0.481 e. The SMILES string of the molecule is CCOC(=O)CS(=O)(=O)NC1CCCC1(C)C(=O)O. The molecular formula is C11H19NO6S. The van der Waals surface area contributed by atoms with E-state index in [0.717, 1.165) is 0 Å². The number of carbonyl (C=O) groups excluding carboxylic acids is 1. The number of hydrogen-bond donors (Lipinski definition) is 2. The van der Waals surface area contributed by atoms with Crippen LogP contribution in [0.15, 0.2) is 0 Å². The van der Waals surface area contributed by atoms with Crippen molar-refractivity contribution in [1.29, 1.82) is 0 Å². The molecule has 0 aromatic heterocycles. The van der Waals surface area contributed by atoms with E-state index in [1.54, 1.807) is 6.92 Å². The summed E-state index contributed by atoms with van der Waals surface area (Å²) in [4.78, 5) is 22.4. The van der Waals surface area contributed by atoms with Crippen LogP contribution in [-0.4, -0.2) is 43.9 Å². The zero-order chi connectivity index (χ0) is 14.7. The first kappa shape index (κ1) is 15.9. The molecule has 1 aliphatic rings. The van der Waals surface area contributed by atoms with Crippen LogP contribution in [0.5, 0.6) is 0 Å². The smallest absolute Gasteiger partial charge is 0.322 e. The molecular weight excluding hydrogens is 274 g/mol. The fourth-order valence-electron chi connectivity index (χ4n) is 2.23. The number of sulfonamides is 1. The van der Waals surface area contributed by atoms with E-state index in [2.05, 4.69) is 9.46 Å². The molecule has 1 rings (SSSR count). The van der Waals surface area contributed by atoms with Crippen molar-refractivity contribution in [2.75, 3.05) is 12.4 Å². The minimum absolute atomic E-state index is 0.102. The lowest BCUT2D eigenvalue weighted by atomic mass is 9.85. The van der Waals surface area contributed by atoms with Crippen molar-refractivity contribution < 1.29 is 27.9 Å². The van der Waals surface area contributed by atoms with Crippen molar-refractivity contribution in [2.24, 2.45) is 5.41 Å². The van der Waals surface area contributed by atoms with Crippen LogP contribution >= 0.6 is 0 Å². The monoisotopic (exact) mass is 293 g/mol. The molecule has 0 bridgehead atoms. The van der Waals surface area contributed by atoms with Gasteiger partial charge in [-0.3, -0.25) is 9.59 Å². The molecule has 2 atom stereocenters. The maximum absolute atomic E-state index is 11.8. The molecule has 110 valence electrons. The summed E-state index contributed by atoms with van der Waals surface area (Å²) in [6, 6.07) is -0.690. The summed E-state index contributed by atoms with van der Waals surface area (Å²) in [7, 11) is -3.88. The Balaban J connectivity index is 2.73. The normalized spacial score (nSPS) is 27.2. The van der Waals surface area contributed by atoms with Gasteiger partial charge >= 0.3 is 11.9 Å². The van der Waals surface area contributed by atoms with Crippen LogP contribution in [0.25, 0.3) is 0 Å². The van der Waals surface area contributed by atoms with Gasteiger partial charge in [0, 0.05) is 6.04 Å². The number of hydrogen-bond acceptors (Lipinski definition) is 5. The van der Waals surface area contributed by atoms with Crippen molar-refractivity contribution in [2.45, 2.75) is 39.2 Å². The molecule has 0 saturated heterocycles. The molecule has 0 amide bonds. The Kier molecular flexibility index (Phi) is 4.92. The highest BCUT2D eigenvalue weighted by molar-refractivity contribution is 7.90. The summed E-state index contributed by atoms with van der Waals surface area (Å²) in [6.45, 7) is 3.20. The second kappa shape index (κ2) is 5.87. The first-order valence-corrected chi connectivity index (χ1v) is 7.75. The minimum Gasteiger partial charge on any atom is -0.481 e. The first-order chi connectivity index (χ1) is 8.71. The Hall–Kier alpha value is -1.15. The average Bonchev–Trinajstić information content (AvgIpc) is 2.60. The van der Waals surface area contributed by atoms with Gasteiger partial charge in [0.2, 0.25) is 10.0 Å². The third-order valence-electron chi connectivity index (χ3n) is 3.38. The van der Waals surface area contributed by atoms with E-state index in [1.807, 2.05) is 0 Å². The highest BCUT2D eigenvalue weighted by atomic mass is 32.2. The molecule has 0 radical (unpaired) electrons. The number of esters is 1. The Bertz CT molecular complexity index is 460. The van der Waals surface area contributed by atoms with Crippen LogP contribution in [-0.2, 0) is 24.3 Å². The van der Waals surface area contributed by atoms with Crippen LogP contribution < -0.4 is 4.72 Å². The van der Waals surface area contributed by atoms with Gasteiger partial charge in [0.25, 0.3) is 0 Å². The minimum atomic E-state index is -3.88. The maximum atomic E-state index is 11.8. The van der Waals surface area contributed by atoms with Crippen molar-refractivity contribution >= 4 is 22.0 Å². The Morgan fingerprint density at radius 2 is 2.11 bits per heavy atom. The lowest BCUT2D eigenvalue weighted by molar-refractivity contribution is -0.148. The van der Waals surface area contributed by atoms with Crippen LogP contribution in [0.2, 0.25) is 0 Å². The van der Waals surface area contributed by atoms with Crippen molar-refractivity contribution in [3.05, 3.63) is 0 Å². The van der Waals surface area contributed by atoms with Crippen molar-refractivity contribution in [1.82, 2.24) is 4.72 Å². The van der Waals surface area contributed by atoms with E-state index in [0.29, 0.717) is 19.3 Å². The van der Waals surface area contributed by atoms with E-state index in [4.69, 9.17) is 0 Å². The van der Waals surface area contributed by atoms with Gasteiger partial charge < -0.3 is 9.84 Å². The molecule has 8 heteroatoms. The number of nitrogens with one attached hydrogen (secondary N) is 1. The predicted molar refractivity (Wildman–Crippen MR) is 66.9 cm³/mol. The summed E-state index contributed by atoms with van der Waals surface area (Å²) in [5.74, 6) is -2.66. The van der Waals surface area contributed by atoms with Crippen LogP contribution in [0.3, 0.4) is 0 Å². The van der Waals surface area contributed by atoms with Crippen LogP contribution in [0, 0.1) is 5.41 Å². The molecule has 7 nitrogen and oxygen atoms in total. The van der Waals surface area contributed by atoms with Gasteiger partial charge in [0.1, 0.15) is 0 Å². The second-order valence-corrected chi connectivity index (χ2v) is 6.60. The van der Waals surface area contributed by atoms with Gasteiger partial charge in [-0.2, -0.15) is 0 Å². The van der Waals surface area contributed by atoms with Gasteiger partial charge in [-0.15, -0.1) is 0 Å². The quantitative estimate of drug-likeness (QED) is 0.673. The Labute approximate surface area is 112 Å². The van der Waals surface area contributed by atoms with Gasteiger partial charge in [-0.05, 0) is 26.7 Å². The molecule has 0 aromatic carbocycles. The molecule has 2 N–H and O–H groups in total. The molecule has 1 fully saturated rings. The average molecular weight is 293 g/mol. The van der Waals surface area contributed by atoms with E-state index in [9.17, 15) is 23.1 Å². The zero-order valence-electron chi connectivity index (χ0n) is 11.0. The Morgan fingerprint density at radius 3 is 2.63 bits per heavy atom. The molecule has 0 aromatic rings. The van der Waals surface area contributed by atoms with E-state index in [-0.39, 0.29) is 6.61 Å².